The largest absolute Gasteiger partial charge is 0.480 e. The minimum absolute atomic E-state index is 0.148. The van der Waals surface area contributed by atoms with Crippen LogP contribution >= 0.6 is 12.2 Å². The third-order valence-corrected chi connectivity index (χ3v) is 6.00. The number of carbonyl (C=O) groups is 4. The molecule has 37 heavy (non-hydrogen) atoms. The van der Waals surface area contributed by atoms with E-state index in [-0.39, 0.29) is 72.0 Å². The minimum Gasteiger partial charge on any atom is -0.480 e. The van der Waals surface area contributed by atoms with Crippen molar-refractivity contribution in [2.45, 2.75) is 6.04 Å². The molecular weight excluding hydrogens is 506 g/mol. The van der Waals surface area contributed by atoms with E-state index in [1.807, 2.05) is 0 Å². The summed E-state index contributed by atoms with van der Waals surface area (Å²) in [5, 5.41) is 40.1. The molecule has 13 nitrogen and oxygen atoms in total. The van der Waals surface area contributed by atoms with Gasteiger partial charge in [0.15, 0.2) is 0 Å². The van der Waals surface area contributed by atoms with Crippen LogP contribution in [-0.2, 0) is 19.2 Å². The third-order valence-electron chi connectivity index (χ3n) is 5.91. The molecule has 14 heteroatoms. The van der Waals surface area contributed by atoms with E-state index < -0.39 is 29.9 Å². The fraction of sp³-hybridized carbons (Fsp3) is 0.522. The average Bonchev–Trinajstić information content (AvgIpc) is 2.80. The summed E-state index contributed by atoms with van der Waals surface area (Å²) in [6.07, 6.45) is 0. The molecule has 4 N–H and O–H groups in total. The fourth-order valence-electron chi connectivity index (χ4n) is 4.20. The van der Waals surface area contributed by atoms with E-state index in [4.69, 9.17) is 0 Å². The number of aliphatic imine (C=N–C) groups is 1. The van der Waals surface area contributed by atoms with Gasteiger partial charge in [0.25, 0.3) is 0 Å². The maximum atomic E-state index is 11.8. The Morgan fingerprint density at radius 1 is 0.730 bits per heavy atom. The molecule has 1 heterocycles. The molecule has 1 aliphatic heterocycles. The molecule has 2 rings (SSSR count). The maximum Gasteiger partial charge on any atom is 0.317 e. The lowest BCUT2D eigenvalue weighted by molar-refractivity contribution is -0.142. The number of hydrogen-bond donors (Lipinski definition) is 4. The molecule has 0 aliphatic carbocycles. The summed E-state index contributed by atoms with van der Waals surface area (Å²) in [6, 6.07) is 6.33. The highest BCUT2D eigenvalue weighted by Gasteiger charge is 2.28. The van der Waals surface area contributed by atoms with Crippen LogP contribution in [0.4, 0.5) is 5.69 Å². The zero-order chi connectivity index (χ0) is 27.4. The Hall–Kier alpha value is -3.26. The van der Waals surface area contributed by atoms with Gasteiger partial charge in [-0.15, -0.1) is 0 Å². The molecule has 0 amide bonds. The summed E-state index contributed by atoms with van der Waals surface area (Å²) in [5.74, 6) is -4.26. The van der Waals surface area contributed by atoms with E-state index in [2.05, 4.69) is 22.4 Å². The lowest BCUT2D eigenvalue weighted by atomic mass is 10.0. The molecule has 0 spiro atoms. The van der Waals surface area contributed by atoms with Gasteiger partial charge in [0.05, 0.1) is 37.0 Å². The van der Waals surface area contributed by atoms with Gasteiger partial charge in [-0.05, 0) is 29.9 Å². The Morgan fingerprint density at radius 3 is 1.62 bits per heavy atom. The topological polar surface area (TPSA) is 175 Å². The second-order valence-electron chi connectivity index (χ2n) is 8.64. The van der Waals surface area contributed by atoms with Crippen molar-refractivity contribution in [3.8, 4) is 0 Å². The Balaban J connectivity index is 2.48. The standard InChI is InChI=1S/C23H31N5O8S/c29-20(30)12-25-5-6-26(13-21(31)32)9-10-28(15-23(35)36)19(11-27(8-7-25)14-22(33)34)17-1-3-18(4-2-17)24-16-37/h1-4,19H,5-15H2,(H,29,30)(H,31,32)(H,33,34)(H,35,36). The SMILES string of the molecule is O=C(O)CN1CCN(CC(=O)O)CCN(CC(=O)O)C(c2ccc(N=C=S)cc2)CN(CC(=O)O)CC1. The fourth-order valence-corrected chi connectivity index (χ4v) is 4.31. The van der Waals surface area contributed by atoms with E-state index in [0.29, 0.717) is 11.3 Å². The third kappa shape index (κ3) is 11.1. The second-order valence-corrected chi connectivity index (χ2v) is 8.83. The van der Waals surface area contributed by atoms with Crippen molar-refractivity contribution in [2.24, 2.45) is 4.99 Å². The molecule has 202 valence electrons. The van der Waals surface area contributed by atoms with Gasteiger partial charge in [0.1, 0.15) is 0 Å². The minimum atomic E-state index is -1.08. The van der Waals surface area contributed by atoms with E-state index in [0.717, 1.165) is 0 Å². The van der Waals surface area contributed by atoms with E-state index in [1.54, 1.807) is 43.9 Å². The van der Waals surface area contributed by atoms with Gasteiger partial charge in [0.2, 0.25) is 0 Å². The number of hydrogen-bond acceptors (Lipinski definition) is 10. The van der Waals surface area contributed by atoms with Gasteiger partial charge in [-0.3, -0.25) is 38.8 Å². The van der Waals surface area contributed by atoms with Gasteiger partial charge in [-0.1, -0.05) is 12.1 Å². The van der Waals surface area contributed by atoms with Crippen LogP contribution in [0.5, 0.6) is 0 Å². The number of nitrogens with zero attached hydrogens (tertiary/aromatic N) is 5. The van der Waals surface area contributed by atoms with Crippen LogP contribution in [0.15, 0.2) is 29.3 Å². The van der Waals surface area contributed by atoms with Crippen molar-refractivity contribution >= 4 is 46.9 Å². The van der Waals surface area contributed by atoms with Crippen LogP contribution in [0.2, 0.25) is 0 Å². The Labute approximate surface area is 219 Å². The van der Waals surface area contributed by atoms with Crippen LogP contribution < -0.4 is 0 Å². The van der Waals surface area contributed by atoms with Crippen molar-refractivity contribution in [2.75, 3.05) is 72.0 Å². The molecule has 0 aromatic heterocycles. The summed E-state index contributed by atoms with van der Waals surface area (Å²) in [6.45, 7) is 0.244. The zero-order valence-corrected chi connectivity index (χ0v) is 21.0. The molecule has 0 saturated carbocycles. The van der Waals surface area contributed by atoms with Gasteiger partial charge < -0.3 is 20.4 Å². The van der Waals surface area contributed by atoms with Crippen molar-refractivity contribution in [1.82, 2.24) is 19.6 Å². The van der Waals surface area contributed by atoms with Crippen molar-refractivity contribution in [3.05, 3.63) is 29.8 Å². The number of carboxylic acids is 4. The predicted molar refractivity (Wildman–Crippen MR) is 135 cm³/mol. The summed E-state index contributed by atoms with van der Waals surface area (Å²) < 4.78 is 0. The first-order valence-electron chi connectivity index (χ1n) is 11.5. The highest BCUT2D eigenvalue weighted by atomic mass is 32.1. The molecule has 1 aromatic rings. The van der Waals surface area contributed by atoms with Gasteiger partial charge >= 0.3 is 23.9 Å². The first kappa shape index (κ1) is 30.0. The lowest BCUT2D eigenvalue weighted by Crippen LogP contribution is -2.50. The van der Waals surface area contributed by atoms with Crippen LogP contribution in [-0.4, -0.2) is 141 Å². The number of aliphatic carboxylic acids is 4. The molecular formula is C23H31N5O8S. The predicted octanol–water partition coefficient (Wildman–Crippen LogP) is 0.0220. The quantitative estimate of drug-likeness (QED) is 0.232. The maximum absolute atomic E-state index is 11.8. The first-order valence-corrected chi connectivity index (χ1v) is 11.9. The molecule has 0 radical (unpaired) electrons. The summed E-state index contributed by atoms with van der Waals surface area (Å²) >= 11 is 4.64. The molecule has 1 atom stereocenters. The van der Waals surface area contributed by atoms with Gasteiger partial charge in [0, 0.05) is 51.9 Å². The highest BCUT2D eigenvalue weighted by Crippen LogP contribution is 2.25. The monoisotopic (exact) mass is 537 g/mol. The molecule has 0 bridgehead atoms. The molecule has 1 aromatic carbocycles. The van der Waals surface area contributed by atoms with E-state index in [9.17, 15) is 39.6 Å². The van der Waals surface area contributed by atoms with Crippen LogP contribution in [0.25, 0.3) is 0 Å². The summed E-state index contributed by atoms with van der Waals surface area (Å²) in [5.41, 5.74) is 1.26. The van der Waals surface area contributed by atoms with Crippen molar-refractivity contribution in [1.29, 1.82) is 0 Å². The normalized spacial score (nSPS) is 19.2. The van der Waals surface area contributed by atoms with Gasteiger partial charge in [-0.2, -0.15) is 4.99 Å². The average molecular weight is 538 g/mol. The van der Waals surface area contributed by atoms with E-state index >= 15 is 0 Å². The number of carboxylic acid groups (broad SMARTS) is 4. The molecule has 1 fully saturated rings. The first-order chi connectivity index (χ1) is 17.6. The molecule has 1 unspecified atom stereocenters. The van der Waals surface area contributed by atoms with Crippen LogP contribution in [0, 0.1) is 0 Å². The Morgan fingerprint density at radius 2 is 1.16 bits per heavy atom. The van der Waals surface area contributed by atoms with Crippen molar-refractivity contribution < 1.29 is 39.6 Å². The van der Waals surface area contributed by atoms with Gasteiger partial charge in [-0.25, -0.2) is 0 Å². The summed E-state index contributed by atoms with van der Waals surface area (Å²) in [4.78, 5) is 56.7. The smallest absolute Gasteiger partial charge is 0.317 e. The number of isothiocyanates is 1. The zero-order valence-electron chi connectivity index (χ0n) is 20.2. The second kappa shape index (κ2) is 15.1. The van der Waals surface area contributed by atoms with Crippen molar-refractivity contribution in [3.63, 3.8) is 0 Å². The number of benzene rings is 1. The van der Waals surface area contributed by atoms with Crippen LogP contribution in [0.1, 0.15) is 11.6 Å². The Kier molecular flexibility index (Phi) is 12.2. The van der Waals surface area contributed by atoms with E-state index in [1.165, 1.54) is 0 Å². The lowest BCUT2D eigenvalue weighted by Gasteiger charge is -2.37. The molecule has 1 aliphatic rings. The summed E-state index contributed by atoms with van der Waals surface area (Å²) in [7, 11) is 0. The Bertz CT molecular complexity index is 1000. The number of rotatable bonds is 10. The highest BCUT2D eigenvalue weighted by molar-refractivity contribution is 7.78. The number of thiocarbonyl (C=S) groups is 1. The molecule has 1 saturated heterocycles. The van der Waals surface area contributed by atoms with Crippen LogP contribution in [0.3, 0.4) is 0 Å².